The van der Waals surface area contributed by atoms with E-state index in [2.05, 4.69) is 0 Å². The van der Waals surface area contributed by atoms with Crippen LogP contribution >= 0.6 is 0 Å². The predicted molar refractivity (Wildman–Crippen MR) is 74.2 cm³/mol. The van der Waals surface area contributed by atoms with E-state index in [1.54, 1.807) is 18.2 Å². The van der Waals surface area contributed by atoms with Gasteiger partial charge >= 0.3 is 5.97 Å². The lowest BCUT2D eigenvalue weighted by atomic mass is 10.0. The van der Waals surface area contributed by atoms with Gasteiger partial charge in [-0.2, -0.15) is 0 Å². The first-order valence-electron chi connectivity index (χ1n) is 6.18. The van der Waals surface area contributed by atoms with E-state index in [1.165, 1.54) is 0 Å². The molecule has 0 bridgehead atoms. The Balaban J connectivity index is 2.05. The molecule has 0 saturated heterocycles. The fraction of sp³-hybridized carbons (Fsp3) is 0.133. The van der Waals surface area contributed by atoms with Crippen molar-refractivity contribution in [2.24, 2.45) is 0 Å². The zero-order valence-electron chi connectivity index (χ0n) is 10.6. The Morgan fingerprint density at radius 1 is 1.00 bits per heavy atom. The van der Waals surface area contributed by atoms with Crippen LogP contribution in [0.1, 0.15) is 10.4 Å². The van der Waals surface area contributed by atoms with Crippen molar-refractivity contribution in [2.75, 3.05) is 18.9 Å². The molecular weight excluding hydrogens is 258 g/mol. The van der Waals surface area contributed by atoms with Crippen LogP contribution in [0.15, 0.2) is 36.4 Å². The lowest BCUT2D eigenvalue weighted by Crippen LogP contribution is -2.15. The molecule has 0 aliphatic carbocycles. The fourth-order valence-electron chi connectivity index (χ4n) is 2.14. The second-order valence-electron chi connectivity index (χ2n) is 4.47. The summed E-state index contributed by atoms with van der Waals surface area (Å²) in [6, 6.07) is 10.5. The number of nitrogens with two attached hydrogens (primary N) is 1. The molecule has 1 aliphatic rings. The third-order valence-electron chi connectivity index (χ3n) is 3.16. The van der Waals surface area contributed by atoms with Gasteiger partial charge < -0.3 is 20.3 Å². The molecule has 0 fully saturated rings. The fourth-order valence-corrected chi connectivity index (χ4v) is 2.14. The summed E-state index contributed by atoms with van der Waals surface area (Å²) in [5, 5.41) is 9.10. The third kappa shape index (κ3) is 2.14. The minimum Gasteiger partial charge on any atom is -0.486 e. The van der Waals surface area contributed by atoms with Crippen LogP contribution in [-0.4, -0.2) is 24.3 Å². The van der Waals surface area contributed by atoms with Crippen LogP contribution in [0.4, 0.5) is 5.69 Å². The number of benzene rings is 2. The standard InChI is InChI=1S/C15H13NO4/c16-12-3-1-9(7-11(12)15(17)18)10-2-4-13-14(8-10)20-6-5-19-13/h1-4,7-8H,5-6,16H2,(H,17,18). The second kappa shape index (κ2) is 4.77. The molecule has 20 heavy (non-hydrogen) atoms. The van der Waals surface area contributed by atoms with Crippen molar-refractivity contribution in [2.45, 2.75) is 0 Å². The number of carboxylic acids is 1. The molecule has 3 rings (SSSR count). The van der Waals surface area contributed by atoms with E-state index in [0.717, 1.165) is 11.1 Å². The van der Waals surface area contributed by atoms with Gasteiger partial charge in [0.2, 0.25) is 0 Å². The molecule has 1 aliphatic heterocycles. The van der Waals surface area contributed by atoms with Gasteiger partial charge in [-0.1, -0.05) is 12.1 Å². The summed E-state index contributed by atoms with van der Waals surface area (Å²) in [6.45, 7) is 1.05. The summed E-state index contributed by atoms with van der Waals surface area (Å²) < 4.78 is 11.0. The highest BCUT2D eigenvalue weighted by molar-refractivity contribution is 5.95. The summed E-state index contributed by atoms with van der Waals surface area (Å²) in [5.41, 5.74) is 7.63. The molecule has 0 atom stereocenters. The van der Waals surface area contributed by atoms with Crippen LogP contribution in [0.25, 0.3) is 11.1 Å². The topological polar surface area (TPSA) is 81.8 Å². The molecule has 2 aromatic carbocycles. The van der Waals surface area contributed by atoms with Crippen molar-refractivity contribution >= 4 is 11.7 Å². The van der Waals surface area contributed by atoms with E-state index >= 15 is 0 Å². The number of carboxylic acid groups (broad SMARTS) is 1. The molecule has 5 heteroatoms. The Hall–Kier alpha value is -2.69. The third-order valence-corrected chi connectivity index (χ3v) is 3.16. The summed E-state index contributed by atoms with van der Waals surface area (Å²) >= 11 is 0. The van der Waals surface area contributed by atoms with Gasteiger partial charge in [-0.05, 0) is 35.4 Å². The maximum Gasteiger partial charge on any atom is 0.337 e. The van der Waals surface area contributed by atoms with E-state index in [4.69, 9.17) is 20.3 Å². The molecule has 102 valence electrons. The smallest absolute Gasteiger partial charge is 0.337 e. The van der Waals surface area contributed by atoms with Crippen molar-refractivity contribution < 1.29 is 19.4 Å². The van der Waals surface area contributed by atoms with Crippen molar-refractivity contribution in [3.05, 3.63) is 42.0 Å². The van der Waals surface area contributed by atoms with E-state index in [1.807, 2.05) is 18.2 Å². The molecule has 0 saturated carbocycles. The van der Waals surface area contributed by atoms with E-state index < -0.39 is 5.97 Å². The van der Waals surface area contributed by atoms with Gasteiger partial charge in [-0.25, -0.2) is 4.79 Å². The highest BCUT2D eigenvalue weighted by Crippen LogP contribution is 2.35. The highest BCUT2D eigenvalue weighted by Gasteiger charge is 2.14. The van der Waals surface area contributed by atoms with Gasteiger partial charge in [-0.15, -0.1) is 0 Å². The average Bonchev–Trinajstić information content (AvgIpc) is 2.47. The number of rotatable bonds is 2. The number of hydrogen-bond donors (Lipinski definition) is 2. The minimum absolute atomic E-state index is 0.0948. The van der Waals surface area contributed by atoms with E-state index in [0.29, 0.717) is 24.7 Å². The Morgan fingerprint density at radius 2 is 1.65 bits per heavy atom. The zero-order valence-corrected chi connectivity index (χ0v) is 10.6. The Bertz CT molecular complexity index is 682. The Kier molecular flexibility index (Phi) is 2.95. The maximum absolute atomic E-state index is 11.1. The molecule has 0 radical (unpaired) electrons. The van der Waals surface area contributed by atoms with Crippen LogP contribution in [0.5, 0.6) is 11.5 Å². The zero-order chi connectivity index (χ0) is 14.1. The summed E-state index contributed by atoms with van der Waals surface area (Å²) in [5.74, 6) is 0.332. The van der Waals surface area contributed by atoms with Crippen molar-refractivity contribution in [3.8, 4) is 22.6 Å². The second-order valence-corrected chi connectivity index (χ2v) is 4.47. The normalized spacial score (nSPS) is 13.0. The Morgan fingerprint density at radius 3 is 2.40 bits per heavy atom. The van der Waals surface area contributed by atoms with Crippen molar-refractivity contribution in [1.29, 1.82) is 0 Å². The average molecular weight is 271 g/mol. The van der Waals surface area contributed by atoms with Crippen LogP contribution in [0, 0.1) is 0 Å². The number of ether oxygens (including phenoxy) is 2. The molecule has 0 aromatic heterocycles. The number of fused-ring (bicyclic) bond motifs is 1. The Labute approximate surface area is 115 Å². The first kappa shape index (κ1) is 12.3. The minimum atomic E-state index is -1.04. The maximum atomic E-state index is 11.1. The highest BCUT2D eigenvalue weighted by atomic mass is 16.6. The van der Waals surface area contributed by atoms with Crippen molar-refractivity contribution in [3.63, 3.8) is 0 Å². The van der Waals surface area contributed by atoms with Crippen LogP contribution in [0.3, 0.4) is 0 Å². The first-order chi connectivity index (χ1) is 9.65. The van der Waals surface area contributed by atoms with Crippen LogP contribution in [0.2, 0.25) is 0 Å². The van der Waals surface area contributed by atoms with Crippen LogP contribution < -0.4 is 15.2 Å². The van der Waals surface area contributed by atoms with Gasteiger partial charge in [0.05, 0.1) is 5.56 Å². The van der Waals surface area contributed by atoms with Crippen LogP contribution in [-0.2, 0) is 0 Å². The van der Waals surface area contributed by atoms with E-state index in [9.17, 15) is 4.79 Å². The molecule has 0 amide bonds. The summed E-state index contributed by atoms with van der Waals surface area (Å²) in [4.78, 5) is 11.1. The number of hydrogen-bond acceptors (Lipinski definition) is 4. The number of anilines is 1. The number of nitrogen functional groups attached to an aromatic ring is 1. The molecule has 5 nitrogen and oxygen atoms in total. The quantitative estimate of drug-likeness (QED) is 0.820. The predicted octanol–water partition coefficient (Wildman–Crippen LogP) is 2.41. The lowest BCUT2D eigenvalue weighted by Gasteiger charge is -2.19. The summed E-state index contributed by atoms with van der Waals surface area (Å²) in [7, 11) is 0. The molecule has 3 N–H and O–H groups in total. The van der Waals surface area contributed by atoms with Crippen molar-refractivity contribution in [1.82, 2.24) is 0 Å². The molecular formula is C15H13NO4. The van der Waals surface area contributed by atoms with Gasteiger partial charge in [-0.3, -0.25) is 0 Å². The monoisotopic (exact) mass is 271 g/mol. The number of aromatic carboxylic acids is 1. The van der Waals surface area contributed by atoms with E-state index in [-0.39, 0.29) is 11.3 Å². The lowest BCUT2D eigenvalue weighted by molar-refractivity contribution is 0.0698. The molecule has 0 unspecified atom stereocenters. The largest absolute Gasteiger partial charge is 0.486 e. The first-order valence-corrected chi connectivity index (χ1v) is 6.18. The SMILES string of the molecule is Nc1ccc(-c2ccc3c(c2)OCCO3)cc1C(=O)O. The molecule has 1 heterocycles. The molecule has 2 aromatic rings. The van der Waals surface area contributed by atoms with Gasteiger partial charge in [0, 0.05) is 5.69 Å². The summed E-state index contributed by atoms with van der Waals surface area (Å²) in [6.07, 6.45) is 0. The van der Waals surface area contributed by atoms with Gasteiger partial charge in [0.15, 0.2) is 11.5 Å². The van der Waals surface area contributed by atoms with Gasteiger partial charge in [0.25, 0.3) is 0 Å². The molecule has 0 spiro atoms. The van der Waals surface area contributed by atoms with Gasteiger partial charge in [0.1, 0.15) is 13.2 Å². The number of carbonyl (C=O) groups is 1.